The Labute approximate surface area is 158 Å². The average molecular weight is 368 g/mol. The highest BCUT2D eigenvalue weighted by Gasteiger charge is 2.26. The van der Waals surface area contributed by atoms with E-state index in [9.17, 15) is 4.79 Å². The fourth-order valence-corrected chi connectivity index (χ4v) is 3.52. The number of likely N-dealkylation sites (tertiary alicyclic amines) is 1. The van der Waals surface area contributed by atoms with Crippen molar-refractivity contribution in [2.75, 3.05) is 32.8 Å². The van der Waals surface area contributed by atoms with E-state index in [2.05, 4.69) is 20.9 Å². The van der Waals surface area contributed by atoms with E-state index < -0.39 is 0 Å². The highest BCUT2D eigenvalue weighted by atomic mass is 16.5. The lowest BCUT2D eigenvalue weighted by molar-refractivity contribution is -0.134. The van der Waals surface area contributed by atoms with Gasteiger partial charge < -0.3 is 14.4 Å². The Hall–Kier alpha value is -2.67. The summed E-state index contributed by atoms with van der Waals surface area (Å²) in [6.07, 6.45) is 5.01. The summed E-state index contributed by atoms with van der Waals surface area (Å²) in [5.74, 6) is 1.09. The van der Waals surface area contributed by atoms with Crippen LogP contribution in [-0.2, 0) is 11.3 Å². The van der Waals surface area contributed by atoms with Crippen LogP contribution >= 0.6 is 0 Å². The Balaban J connectivity index is 1.27. The van der Waals surface area contributed by atoms with Gasteiger partial charge in [-0.2, -0.15) is 0 Å². The summed E-state index contributed by atoms with van der Waals surface area (Å²) in [7, 11) is 0. The van der Waals surface area contributed by atoms with Crippen LogP contribution in [0.4, 0.5) is 0 Å². The Morgan fingerprint density at radius 2 is 1.89 bits per heavy atom. The summed E-state index contributed by atoms with van der Waals surface area (Å²) >= 11 is 0. The first kappa shape index (κ1) is 17.7. The van der Waals surface area contributed by atoms with Crippen LogP contribution < -0.4 is 9.47 Å². The second-order valence-corrected chi connectivity index (χ2v) is 6.90. The van der Waals surface area contributed by atoms with Crippen LogP contribution in [-0.4, -0.2) is 64.6 Å². The van der Waals surface area contributed by atoms with Gasteiger partial charge in [-0.05, 0) is 12.1 Å². The van der Waals surface area contributed by atoms with Crippen LogP contribution in [0.5, 0.6) is 11.8 Å². The molecule has 1 aromatic heterocycles. The summed E-state index contributed by atoms with van der Waals surface area (Å²) in [6, 6.07) is 10.2. The van der Waals surface area contributed by atoms with E-state index in [1.165, 1.54) is 0 Å². The summed E-state index contributed by atoms with van der Waals surface area (Å²) in [6.45, 7) is 3.94. The zero-order valence-corrected chi connectivity index (χ0v) is 15.3. The molecule has 4 rings (SSSR count). The van der Waals surface area contributed by atoms with Crippen LogP contribution in [0.25, 0.3) is 0 Å². The highest BCUT2D eigenvalue weighted by molar-refractivity contribution is 5.78. The molecule has 142 valence electrons. The number of para-hydroxylation sites is 1. The Kier molecular flexibility index (Phi) is 5.48. The van der Waals surface area contributed by atoms with E-state index in [-0.39, 0.29) is 12.0 Å². The minimum atomic E-state index is 0.0647. The number of hydrogen-bond acceptors (Lipinski definition) is 6. The van der Waals surface area contributed by atoms with Crippen LogP contribution in [0.1, 0.15) is 18.4 Å². The van der Waals surface area contributed by atoms with Crippen LogP contribution in [0.15, 0.2) is 42.7 Å². The van der Waals surface area contributed by atoms with Gasteiger partial charge in [0, 0.05) is 57.0 Å². The minimum absolute atomic E-state index is 0.0647. The third-order valence-corrected chi connectivity index (χ3v) is 5.00. The normalized spacial score (nSPS) is 18.3. The van der Waals surface area contributed by atoms with Crippen molar-refractivity contribution < 1.29 is 14.3 Å². The van der Waals surface area contributed by atoms with Gasteiger partial charge in [0.15, 0.2) is 0 Å². The number of hydrogen-bond donors (Lipinski definition) is 0. The molecule has 0 bridgehead atoms. The molecule has 7 heteroatoms. The summed E-state index contributed by atoms with van der Waals surface area (Å²) in [5, 5.41) is 0. The molecule has 7 nitrogen and oxygen atoms in total. The van der Waals surface area contributed by atoms with Gasteiger partial charge in [-0.15, -0.1) is 0 Å². The molecule has 0 spiro atoms. The van der Waals surface area contributed by atoms with Gasteiger partial charge in [0.2, 0.25) is 5.91 Å². The molecular weight excluding hydrogens is 344 g/mol. The molecule has 2 aliphatic rings. The second-order valence-electron chi connectivity index (χ2n) is 6.90. The number of benzene rings is 1. The van der Waals surface area contributed by atoms with Crippen molar-refractivity contribution in [3.63, 3.8) is 0 Å². The summed E-state index contributed by atoms with van der Waals surface area (Å²) in [5.41, 5.74) is 1.14. The third kappa shape index (κ3) is 4.54. The predicted octanol–water partition coefficient (Wildman–Crippen LogP) is 1.74. The van der Waals surface area contributed by atoms with Crippen molar-refractivity contribution in [1.82, 2.24) is 19.8 Å². The van der Waals surface area contributed by atoms with Crippen LogP contribution in [0.2, 0.25) is 0 Å². The third-order valence-electron chi connectivity index (χ3n) is 5.00. The Bertz CT molecular complexity index is 763. The monoisotopic (exact) mass is 368 g/mol. The number of nitrogens with zero attached hydrogens (tertiary/aromatic N) is 4. The molecular formula is C20H24N4O3. The van der Waals surface area contributed by atoms with E-state index >= 15 is 0 Å². The first-order valence-electron chi connectivity index (χ1n) is 9.42. The predicted molar refractivity (Wildman–Crippen MR) is 99.5 cm³/mol. The molecule has 0 aliphatic carbocycles. The van der Waals surface area contributed by atoms with E-state index in [4.69, 9.17) is 9.47 Å². The second kappa shape index (κ2) is 8.35. The van der Waals surface area contributed by atoms with Crippen molar-refractivity contribution in [2.45, 2.75) is 25.5 Å². The largest absolute Gasteiger partial charge is 0.492 e. The Morgan fingerprint density at radius 1 is 1.11 bits per heavy atom. The lowest BCUT2D eigenvalue weighted by atomic mass is 10.1. The summed E-state index contributed by atoms with van der Waals surface area (Å²) < 4.78 is 11.6. The number of carbonyl (C=O) groups excluding carboxylic acids is 1. The first-order chi connectivity index (χ1) is 13.3. The van der Waals surface area contributed by atoms with Crippen molar-refractivity contribution >= 4 is 5.91 Å². The fourth-order valence-electron chi connectivity index (χ4n) is 3.52. The number of rotatable bonds is 4. The number of ether oxygens (including phenoxy) is 2. The maximum Gasteiger partial charge on any atom is 0.316 e. The minimum Gasteiger partial charge on any atom is -0.492 e. The van der Waals surface area contributed by atoms with Gasteiger partial charge in [-0.3, -0.25) is 9.69 Å². The molecule has 0 unspecified atom stereocenters. The van der Waals surface area contributed by atoms with Crippen molar-refractivity contribution in [3.8, 4) is 11.8 Å². The number of carbonyl (C=O) groups is 1. The lowest BCUT2D eigenvalue weighted by Gasteiger charge is -2.33. The molecule has 2 aliphatic heterocycles. The molecule has 2 aromatic rings. The quantitative estimate of drug-likeness (QED) is 0.819. The first-order valence-corrected chi connectivity index (χ1v) is 9.42. The Morgan fingerprint density at radius 3 is 2.70 bits per heavy atom. The number of fused-ring (bicyclic) bond motifs is 1. The van der Waals surface area contributed by atoms with Crippen molar-refractivity contribution in [2.24, 2.45) is 0 Å². The fraction of sp³-hybridized carbons (Fsp3) is 0.450. The smallest absolute Gasteiger partial charge is 0.316 e. The van der Waals surface area contributed by atoms with Crippen LogP contribution in [0.3, 0.4) is 0 Å². The molecule has 0 N–H and O–H groups in total. The van der Waals surface area contributed by atoms with Gasteiger partial charge in [-0.25, -0.2) is 9.97 Å². The molecule has 0 radical (unpaired) electrons. The SMILES string of the molecule is O=C(CN1CCOc2ccccc2C1)N1CCC(Oc2ncccn2)CC1. The molecule has 1 saturated heterocycles. The van der Waals surface area contributed by atoms with Gasteiger partial charge in [0.1, 0.15) is 18.5 Å². The lowest BCUT2D eigenvalue weighted by Crippen LogP contribution is -2.46. The topological polar surface area (TPSA) is 67.8 Å². The molecule has 1 amide bonds. The molecule has 1 fully saturated rings. The zero-order valence-electron chi connectivity index (χ0n) is 15.3. The van der Waals surface area contributed by atoms with Crippen molar-refractivity contribution in [1.29, 1.82) is 0 Å². The number of piperidine rings is 1. The van der Waals surface area contributed by atoms with Gasteiger partial charge in [-0.1, -0.05) is 18.2 Å². The van der Waals surface area contributed by atoms with Gasteiger partial charge in [0.05, 0.1) is 6.54 Å². The standard InChI is InChI=1S/C20H24N4O3/c25-19(15-23-12-13-26-18-5-2-1-4-16(18)14-23)24-10-6-17(7-11-24)27-20-21-8-3-9-22-20/h1-5,8-9,17H,6-7,10-15H2. The van der Waals surface area contributed by atoms with E-state index in [1.54, 1.807) is 18.5 Å². The van der Waals surface area contributed by atoms with Crippen molar-refractivity contribution in [3.05, 3.63) is 48.3 Å². The van der Waals surface area contributed by atoms with Crippen LogP contribution in [0, 0.1) is 0 Å². The highest BCUT2D eigenvalue weighted by Crippen LogP contribution is 2.22. The molecule has 27 heavy (non-hydrogen) atoms. The van der Waals surface area contributed by atoms with E-state index in [0.29, 0.717) is 32.3 Å². The van der Waals surface area contributed by atoms with Gasteiger partial charge in [0.25, 0.3) is 0 Å². The van der Waals surface area contributed by atoms with Gasteiger partial charge >= 0.3 is 6.01 Å². The van der Waals surface area contributed by atoms with E-state index in [0.717, 1.165) is 37.2 Å². The van der Waals surface area contributed by atoms with E-state index in [1.807, 2.05) is 23.1 Å². The molecule has 1 aromatic carbocycles. The maximum absolute atomic E-state index is 12.7. The zero-order chi connectivity index (χ0) is 18.5. The summed E-state index contributed by atoms with van der Waals surface area (Å²) in [4.78, 5) is 25.0. The molecule has 0 atom stereocenters. The molecule has 3 heterocycles. The number of amides is 1. The number of aromatic nitrogens is 2. The molecule has 0 saturated carbocycles. The average Bonchev–Trinajstić information content (AvgIpc) is 2.91. The maximum atomic E-state index is 12.7.